The summed E-state index contributed by atoms with van der Waals surface area (Å²) in [6, 6.07) is 11.0. The third-order valence-electron chi connectivity index (χ3n) is 3.04. The zero-order valence-electron chi connectivity index (χ0n) is 10.8. The van der Waals surface area contributed by atoms with Crippen LogP contribution in [0.4, 0.5) is 5.69 Å². The van der Waals surface area contributed by atoms with Crippen molar-refractivity contribution in [3.63, 3.8) is 0 Å². The largest absolute Gasteiger partial charge is 0.321 e. The predicted octanol–water partition coefficient (Wildman–Crippen LogP) is 3.55. The molecular weight excluding hydrogens is 274 g/mol. The van der Waals surface area contributed by atoms with Crippen molar-refractivity contribution >= 4 is 28.7 Å². The number of aryl methyl sites for hydroxylation is 1. The number of anilines is 1. The summed E-state index contributed by atoms with van der Waals surface area (Å²) in [6.07, 6.45) is 3.39. The molecule has 2 aromatic heterocycles. The van der Waals surface area contributed by atoms with E-state index in [1.54, 1.807) is 22.8 Å². The molecule has 20 heavy (non-hydrogen) atoms. The summed E-state index contributed by atoms with van der Waals surface area (Å²) >= 11 is 6.04. The summed E-state index contributed by atoms with van der Waals surface area (Å²) in [5.74, 6) is -0.223. The number of benzene rings is 1. The summed E-state index contributed by atoms with van der Waals surface area (Å²) in [5.41, 5.74) is 2.96. The molecule has 0 spiro atoms. The van der Waals surface area contributed by atoms with E-state index in [0.717, 1.165) is 11.1 Å². The van der Waals surface area contributed by atoms with Crippen LogP contribution in [-0.4, -0.2) is 15.5 Å². The average Bonchev–Trinajstić information content (AvgIpc) is 2.84. The number of aromatic nitrogens is 2. The molecule has 0 bridgehead atoms. The lowest BCUT2D eigenvalue weighted by molar-refractivity contribution is 0.102. The minimum absolute atomic E-state index is 0.223. The van der Waals surface area contributed by atoms with Crippen molar-refractivity contribution in [2.75, 3.05) is 5.32 Å². The van der Waals surface area contributed by atoms with Gasteiger partial charge in [-0.05, 0) is 36.8 Å². The molecule has 1 aromatic carbocycles. The number of halogens is 1. The normalized spacial score (nSPS) is 10.7. The van der Waals surface area contributed by atoms with Crippen molar-refractivity contribution in [3.05, 3.63) is 64.9 Å². The molecule has 0 saturated heterocycles. The Hall–Kier alpha value is -2.33. The van der Waals surface area contributed by atoms with Crippen LogP contribution in [-0.2, 0) is 0 Å². The van der Waals surface area contributed by atoms with E-state index in [1.807, 2.05) is 37.4 Å². The molecule has 0 unspecified atom stereocenters. The van der Waals surface area contributed by atoms with Gasteiger partial charge in [0.1, 0.15) is 0 Å². The first-order valence-electron chi connectivity index (χ1n) is 6.15. The van der Waals surface area contributed by atoms with E-state index in [1.165, 1.54) is 0 Å². The molecule has 0 aliphatic heterocycles. The molecule has 1 amide bonds. The van der Waals surface area contributed by atoms with Gasteiger partial charge in [0, 0.05) is 6.20 Å². The van der Waals surface area contributed by atoms with Gasteiger partial charge in [-0.15, -0.1) is 0 Å². The minimum atomic E-state index is -0.223. The Bertz CT molecular complexity index is 795. The van der Waals surface area contributed by atoms with Gasteiger partial charge in [0.05, 0.1) is 28.0 Å². The molecule has 0 aliphatic carbocycles. The van der Waals surface area contributed by atoms with Crippen LogP contribution < -0.4 is 5.32 Å². The first-order chi connectivity index (χ1) is 9.65. The van der Waals surface area contributed by atoms with Gasteiger partial charge in [0.25, 0.3) is 5.91 Å². The Labute approximate surface area is 121 Å². The number of rotatable bonds is 2. The van der Waals surface area contributed by atoms with Gasteiger partial charge in [-0.3, -0.25) is 4.79 Å². The zero-order chi connectivity index (χ0) is 14.1. The molecule has 3 rings (SSSR count). The molecule has 0 saturated carbocycles. The number of nitrogens with zero attached hydrogens (tertiary/aromatic N) is 2. The molecule has 1 N–H and O–H groups in total. The molecule has 3 aromatic rings. The maximum atomic E-state index is 12.3. The van der Waals surface area contributed by atoms with Gasteiger partial charge in [-0.2, -0.15) is 5.10 Å². The number of para-hydroxylation sites is 1. The first-order valence-corrected chi connectivity index (χ1v) is 6.53. The second-order valence-corrected chi connectivity index (χ2v) is 4.93. The van der Waals surface area contributed by atoms with E-state index >= 15 is 0 Å². The number of amides is 1. The van der Waals surface area contributed by atoms with Crippen LogP contribution in [0.2, 0.25) is 5.02 Å². The maximum absolute atomic E-state index is 12.3. The highest BCUT2D eigenvalue weighted by atomic mass is 35.5. The zero-order valence-corrected chi connectivity index (χ0v) is 11.6. The van der Waals surface area contributed by atoms with E-state index in [4.69, 9.17) is 11.6 Å². The van der Waals surface area contributed by atoms with E-state index in [2.05, 4.69) is 10.4 Å². The molecule has 0 atom stereocenters. The summed E-state index contributed by atoms with van der Waals surface area (Å²) in [6.45, 7) is 1.97. The van der Waals surface area contributed by atoms with Gasteiger partial charge in [-0.25, -0.2) is 4.52 Å². The fourth-order valence-corrected chi connectivity index (χ4v) is 2.20. The molecule has 0 aliphatic rings. The third kappa shape index (κ3) is 2.26. The fourth-order valence-electron chi connectivity index (χ4n) is 2.01. The molecule has 2 heterocycles. The van der Waals surface area contributed by atoms with Crippen molar-refractivity contribution in [1.82, 2.24) is 9.61 Å². The summed E-state index contributed by atoms with van der Waals surface area (Å²) in [5, 5.41) is 7.48. The monoisotopic (exact) mass is 285 g/mol. The second kappa shape index (κ2) is 4.98. The maximum Gasteiger partial charge on any atom is 0.259 e. The van der Waals surface area contributed by atoms with Gasteiger partial charge >= 0.3 is 0 Å². The summed E-state index contributed by atoms with van der Waals surface area (Å²) < 4.78 is 1.68. The van der Waals surface area contributed by atoms with E-state index in [9.17, 15) is 4.79 Å². The van der Waals surface area contributed by atoms with E-state index < -0.39 is 0 Å². The Morgan fingerprint density at radius 3 is 2.90 bits per heavy atom. The molecular formula is C15H12ClN3O. The molecule has 5 heteroatoms. The second-order valence-electron chi connectivity index (χ2n) is 4.53. The van der Waals surface area contributed by atoms with Crippen molar-refractivity contribution < 1.29 is 4.79 Å². The quantitative estimate of drug-likeness (QED) is 0.783. The Balaban J connectivity index is 1.97. The molecule has 100 valence electrons. The number of nitrogens with one attached hydrogen (secondary N) is 1. The predicted molar refractivity (Wildman–Crippen MR) is 79.3 cm³/mol. The van der Waals surface area contributed by atoms with Crippen LogP contribution in [0, 0.1) is 6.92 Å². The SMILES string of the molecule is Cc1ccn2ncc(C(=O)Nc3ccccc3Cl)c2c1. The third-order valence-corrected chi connectivity index (χ3v) is 3.37. The molecule has 0 fully saturated rings. The van der Waals surface area contributed by atoms with Crippen molar-refractivity contribution in [1.29, 1.82) is 0 Å². The minimum Gasteiger partial charge on any atom is -0.321 e. The summed E-state index contributed by atoms with van der Waals surface area (Å²) in [4.78, 5) is 12.3. The highest BCUT2D eigenvalue weighted by molar-refractivity contribution is 6.34. The van der Waals surface area contributed by atoms with E-state index in [-0.39, 0.29) is 5.91 Å². The standard InChI is InChI=1S/C15H12ClN3O/c1-10-6-7-19-14(8-10)11(9-17-19)15(20)18-13-5-3-2-4-12(13)16/h2-9H,1H3,(H,18,20). The fraction of sp³-hybridized carbons (Fsp3) is 0.0667. The van der Waals surface area contributed by atoms with Crippen molar-refractivity contribution in [2.45, 2.75) is 6.92 Å². The van der Waals surface area contributed by atoms with Crippen LogP contribution in [0.1, 0.15) is 15.9 Å². The Kier molecular flexibility index (Phi) is 3.16. The highest BCUT2D eigenvalue weighted by Gasteiger charge is 2.13. The lowest BCUT2D eigenvalue weighted by Gasteiger charge is -2.06. The number of pyridine rings is 1. The van der Waals surface area contributed by atoms with Crippen LogP contribution in [0.5, 0.6) is 0 Å². The number of hydrogen-bond acceptors (Lipinski definition) is 2. The van der Waals surface area contributed by atoms with Crippen LogP contribution in [0.3, 0.4) is 0 Å². The van der Waals surface area contributed by atoms with Gasteiger partial charge < -0.3 is 5.32 Å². The highest BCUT2D eigenvalue weighted by Crippen LogP contribution is 2.22. The van der Waals surface area contributed by atoms with Gasteiger partial charge in [-0.1, -0.05) is 23.7 Å². The van der Waals surface area contributed by atoms with Crippen LogP contribution in [0.15, 0.2) is 48.8 Å². The van der Waals surface area contributed by atoms with E-state index in [0.29, 0.717) is 16.3 Å². The van der Waals surface area contributed by atoms with Crippen LogP contribution >= 0.6 is 11.6 Å². The number of fused-ring (bicyclic) bond motifs is 1. The summed E-state index contributed by atoms with van der Waals surface area (Å²) in [7, 11) is 0. The van der Waals surface area contributed by atoms with Gasteiger partial charge in [0.2, 0.25) is 0 Å². The van der Waals surface area contributed by atoms with Crippen LogP contribution in [0.25, 0.3) is 5.52 Å². The smallest absolute Gasteiger partial charge is 0.259 e. The molecule has 0 radical (unpaired) electrons. The Morgan fingerprint density at radius 1 is 1.30 bits per heavy atom. The lowest BCUT2D eigenvalue weighted by atomic mass is 10.2. The number of hydrogen-bond donors (Lipinski definition) is 1. The topological polar surface area (TPSA) is 46.4 Å². The molecule has 4 nitrogen and oxygen atoms in total. The number of carbonyl (C=O) groups excluding carboxylic acids is 1. The first kappa shape index (κ1) is 12.7. The lowest BCUT2D eigenvalue weighted by Crippen LogP contribution is -2.11. The van der Waals surface area contributed by atoms with Crippen molar-refractivity contribution in [2.24, 2.45) is 0 Å². The van der Waals surface area contributed by atoms with Gasteiger partial charge in [0.15, 0.2) is 0 Å². The average molecular weight is 286 g/mol. The number of carbonyl (C=O) groups is 1. The van der Waals surface area contributed by atoms with Crippen molar-refractivity contribution in [3.8, 4) is 0 Å². The Morgan fingerprint density at radius 2 is 2.10 bits per heavy atom.